The fourth-order valence-electron chi connectivity index (χ4n) is 4.75. The van der Waals surface area contributed by atoms with Gasteiger partial charge in [-0.1, -0.05) is 64.3 Å². The van der Waals surface area contributed by atoms with Gasteiger partial charge in [-0.25, -0.2) is 18.2 Å². The van der Waals surface area contributed by atoms with Gasteiger partial charge in [0.1, 0.15) is 24.1 Å². The lowest BCUT2D eigenvalue weighted by atomic mass is 10.0. The van der Waals surface area contributed by atoms with E-state index in [2.05, 4.69) is 30.7 Å². The normalized spacial score (nSPS) is 11.0. The molecule has 0 spiro atoms. The minimum Gasteiger partial charge on any atom is -0.483 e. The van der Waals surface area contributed by atoms with E-state index >= 15 is 4.39 Å². The van der Waals surface area contributed by atoms with Crippen molar-refractivity contribution in [2.75, 3.05) is 0 Å². The number of halogens is 3. The number of aromatic amines is 1. The Balaban J connectivity index is 0.000000504. The van der Waals surface area contributed by atoms with Crippen LogP contribution in [0.5, 0.6) is 5.88 Å². The van der Waals surface area contributed by atoms with E-state index in [0.717, 1.165) is 40.2 Å². The Morgan fingerprint density at radius 2 is 1.72 bits per heavy atom. The van der Waals surface area contributed by atoms with E-state index in [1.54, 1.807) is 18.2 Å². The van der Waals surface area contributed by atoms with Crippen LogP contribution in [-0.4, -0.2) is 21.5 Å². The molecule has 1 atom stereocenters. The zero-order valence-electron chi connectivity index (χ0n) is 26.4. The van der Waals surface area contributed by atoms with Crippen LogP contribution in [0, 0.1) is 41.6 Å². The van der Waals surface area contributed by atoms with Crippen LogP contribution < -0.4 is 4.74 Å². The van der Waals surface area contributed by atoms with Crippen LogP contribution >= 0.6 is 0 Å². The van der Waals surface area contributed by atoms with Crippen molar-refractivity contribution in [1.29, 1.82) is 5.26 Å². The summed E-state index contributed by atoms with van der Waals surface area (Å²) in [5.74, 6) is -0.646. The Labute approximate surface area is 267 Å². The number of ether oxygens (including phenoxy) is 1. The summed E-state index contributed by atoms with van der Waals surface area (Å²) in [5.41, 5.74) is 3.71. The fraction of sp³-hybridized carbons (Fsp3) is 0.270. The quantitative estimate of drug-likeness (QED) is 0.158. The third kappa shape index (κ3) is 9.96. The molecule has 0 fully saturated rings. The number of nitrogens with one attached hydrogen (secondary N) is 1. The number of benzene rings is 3. The van der Waals surface area contributed by atoms with Gasteiger partial charge in [0.2, 0.25) is 5.88 Å². The molecule has 5 rings (SSSR count). The van der Waals surface area contributed by atoms with Crippen LogP contribution in [-0.2, 0) is 17.8 Å². The zero-order valence-corrected chi connectivity index (χ0v) is 26.4. The number of aryl methyl sites for hydroxylation is 1. The molecular formula is C37H38F3N3O3. The Hall–Kier alpha value is -5.10. The van der Waals surface area contributed by atoms with E-state index in [1.165, 1.54) is 37.5 Å². The minimum absolute atomic E-state index is 0.00137. The van der Waals surface area contributed by atoms with Gasteiger partial charge in [0, 0.05) is 34.8 Å². The molecule has 9 heteroatoms. The Bertz CT molecular complexity index is 1800. The molecule has 0 saturated carbocycles. The summed E-state index contributed by atoms with van der Waals surface area (Å²) in [6.07, 6.45) is 4.29. The summed E-state index contributed by atoms with van der Waals surface area (Å²) in [5, 5.41) is 16.8. The highest BCUT2D eigenvalue weighted by molar-refractivity contribution is 5.81. The third-order valence-electron chi connectivity index (χ3n) is 7.39. The monoisotopic (exact) mass is 629 g/mol. The van der Waals surface area contributed by atoms with Gasteiger partial charge in [-0.2, -0.15) is 5.26 Å². The van der Waals surface area contributed by atoms with Crippen molar-refractivity contribution in [3.8, 4) is 23.2 Å². The first-order chi connectivity index (χ1) is 22.1. The molecule has 2 heterocycles. The number of hydrogen-bond donors (Lipinski definition) is 2. The predicted octanol–water partition coefficient (Wildman–Crippen LogP) is 9.53. The average molecular weight is 630 g/mol. The molecule has 0 aliphatic rings. The number of nitrogens with zero attached hydrogens (tertiary/aromatic N) is 2. The third-order valence-corrected chi connectivity index (χ3v) is 7.39. The second-order valence-electron chi connectivity index (χ2n) is 11.0. The topological polar surface area (TPSA) is 99.0 Å². The van der Waals surface area contributed by atoms with E-state index in [9.17, 15) is 8.78 Å². The summed E-state index contributed by atoms with van der Waals surface area (Å²) < 4.78 is 49.7. The van der Waals surface area contributed by atoms with E-state index in [1.807, 2.05) is 37.3 Å². The van der Waals surface area contributed by atoms with Crippen molar-refractivity contribution in [1.82, 2.24) is 9.97 Å². The number of H-pyrrole nitrogens is 1. The smallest absolute Gasteiger partial charge is 0.290 e. The van der Waals surface area contributed by atoms with Gasteiger partial charge in [0.15, 0.2) is 0 Å². The van der Waals surface area contributed by atoms with Crippen molar-refractivity contribution in [2.45, 2.75) is 60.0 Å². The molecule has 1 unspecified atom stereocenters. The van der Waals surface area contributed by atoms with E-state index in [0.29, 0.717) is 0 Å². The average Bonchev–Trinajstić information content (AvgIpc) is 3.44. The minimum atomic E-state index is -0.610. The molecule has 0 bridgehead atoms. The molecule has 2 N–H and O–H groups in total. The van der Waals surface area contributed by atoms with Gasteiger partial charge < -0.3 is 14.8 Å². The van der Waals surface area contributed by atoms with Crippen LogP contribution in [0.4, 0.5) is 13.2 Å². The van der Waals surface area contributed by atoms with Crippen LogP contribution in [0.1, 0.15) is 68.0 Å². The maximum Gasteiger partial charge on any atom is 0.290 e. The highest BCUT2D eigenvalue weighted by atomic mass is 19.1. The molecule has 0 aliphatic heterocycles. The van der Waals surface area contributed by atoms with Gasteiger partial charge in [-0.15, -0.1) is 0 Å². The maximum absolute atomic E-state index is 15.0. The summed E-state index contributed by atoms with van der Waals surface area (Å²) >= 11 is 0. The molecule has 0 saturated heterocycles. The molecular weight excluding hydrogens is 591 g/mol. The second kappa shape index (κ2) is 17.4. The van der Waals surface area contributed by atoms with Gasteiger partial charge in [0.25, 0.3) is 6.47 Å². The van der Waals surface area contributed by atoms with E-state index < -0.39 is 17.5 Å². The van der Waals surface area contributed by atoms with Gasteiger partial charge in [0.05, 0.1) is 17.3 Å². The molecule has 0 amide bonds. The summed E-state index contributed by atoms with van der Waals surface area (Å²) in [6.45, 7) is 8.41. The van der Waals surface area contributed by atoms with Crippen molar-refractivity contribution in [3.05, 3.63) is 118 Å². The van der Waals surface area contributed by atoms with Gasteiger partial charge in [-0.3, -0.25) is 4.79 Å². The number of pyridine rings is 1. The second-order valence-corrected chi connectivity index (χ2v) is 11.0. The maximum atomic E-state index is 15.0. The molecule has 46 heavy (non-hydrogen) atoms. The first-order valence-electron chi connectivity index (χ1n) is 15.0. The van der Waals surface area contributed by atoms with E-state index in [4.69, 9.17) is 19.9 Å². The summed E-state index contributed by atoms with van der Waals surface area (Å²) in [6, 6.07) is 20.9. The van der Waals surface area contributed by atoms with Crippen molar-refractivity contribution < 1.29 is 27.8 Å². The molecule has 6 nitrogen and oxygen atoms in total. The number of carboxylic acid groups (broad SMARTS) is 1. The molecule has 3 aromatic carbocycles. The van der Waals surface area contributed by atoms with Crippen molar-refractivity contribution in [2.24, 2.45) is 5.92 Å². The standard InChI is InChI=1S/C29H20F3N3O.C7H16.CH2O2/c1-17-5-7-19-11-22(34-28(19)9-17)12-21-13-26(32)23(14-25(21)31)27-3-2-4-29(35-27)36-16-20-8-6-18(15-33)10-24(20)30;1-4-6-7(3)5-2;2-1-3/h2-11,13-14,34H,12,16H2,1H3;7H,4-6H2,1-3H3;1H,(H,2,3). The van der Waals surface area contributed by atoms with Crippen molar-refractivity contribution in [3.63, 3.8) is 0 Å². The highest BCUT2D eigenvalue weighted by Gasteiger charge is 2.15. The number of carbonyl (C=O) groups is 1. The van der Waals surface area contributed by atoms with Crippen LogP contribution in [0.15, 0.2) is 72.8 Å². The van der Waals surface area contributed by atoms with Gasteiger partial charge >= 0.3 is 0 Å². The van der Waals surface area contributed by atoms with E-state index in [-0.39, 0.29) is 53.3 Å². The lowest BCUT2D eigenvalue weighted by Crippen LogP contribution is -2.02. The molecule has 0 aliphatic carbocycles. The SMILES string of the molecule is CCCC(C)CC.Cc1ccc2cc(Cc3cc(F)c(-c4cccc(OCc5ccc(C#N)cc5F)n4)cc3F)[nH]c2c1.O=CO. The van der Waals surface area contributed by atoms with Crippen LogP contribution in [0.25, 0.3) is 22.2 Å². The number of fused-ring (bicyclic) bond motifs is 1. The Morgan fingerprint density at radius 3 is 2.37 bits per heavy atom. The lowest BCUT2D eigenvalue weighted by molar-refractivity contribution is -0.122. The number of hydrogen-bond acceptors (Lipinski definition) is 4. The lowest BCUT2D eigenvalue weighted by Gasteiger charge is -2.10. The molecule has 5 aromatic rings. The van der Waals surface area contributed by atoms with Crippen LogP contribution in [0.2, 0.25) is 0 Å². The predicted molar refractivity (Wildman–Crippen MR) is 174 cm³/mol. The fourth-order valence-corrected chi connectivity index (χ4v) is 4.75. The number of aromatic nitrogens is 2. The zero-order chi connectivity index (χ0) is 33.6. The first-order valence-corrected chi connectivity index (χ1v) is 15.0. The summed E-state index contributed by atoms with van der Waals surface area (Å²) in [7, 11) is 0. The molecule has 2 aromatic heterocycles. The summed E-state index contributed by atoms with van der Waals surface area (Å²) in [4.78, 5) is 15.9. The molecule has 0 radical (unpaired) electrons. The molecule has 240 valence electrons. The van der Waals surface area contributed by atoms with Crippen LogP contribution in [0.3, 0.4) is 0 Å². The first kappa shape index (κ1) is 35.4. The Kier molecular flexibility index (Phi) is 13.4. The number of rotatable bonds is 9. The van der Waals surface area contributed by atoms with Gasteiger partial charge in [-0.05, 0) is 71.8 Å². The Morgan fingerprint density at radius 1 is 0.978 bits per heavy atom. The highest BCUT2D eigenvalue weighted by Crippen LogP contribution is 2.28. The van der Waals surface area contributed by atoms with Crippen molar-refractivity contribution >= 4 is 17.4 Å². The number of nitriles is 1. The largest absolute Gasteiger partial charge is 0.483 e.